The van der Waals surface area contributed by atoms with E-state index in [1.165, 1.54) is 11.1 Å². The van der Waals surface area contributed by atoms with Gasteiger partial charge in [-0.25, -0.2) is 0 Å². The smallest absolute Gasteiger partial charge is 0.176 e. The molecule has 1 fully saturated rings. The van der Waals surface area contributed by atoms with E-state index in [9.17, 15) is 0 Å². The molecule has 0 saturated carbocycles. The second-order valence-corrected chi connectivity index (χ2v) is 6.51. The fourth-order valence-corrected chi connectivity index (χ4v) is 3.29. The number of para-hydroxylation sites is 1. The van der Waals surface area contributed by atoms with Crippen LogP contribution in [0.2, 0.25) is 0 Å². The Morgan fingerprint density at radius 2 is 1.96 bits per heavy atom. The third kappa shape index (κ3) is 2.88. The first-order valence-electron chi connectivity index (χ1n) is 8.26. The highest BCUT2D eigenvalue weighted by molar-refractivity contribution is 5.47. The number of morpholine rings is 1. The Labute approximate surface area is 137 Å². The zero-order valence-corrected chi connectivity index (χ0v) is 14.4. The molecule has 0 spiro atoms. The van der Waals surface area contributed by atoms with Crippen molar-refractivity contribution in [3.05, 3.63) is 35.2 Å². The van der Waals surface area contributed by atoms with Crippen molar-refractivity contribution in [3.8, 4) is 5.69 Å². The average molecular weight is 315 g/mol. The maximum Gasteiger partial charge on any atom is 0.176 e. The molecule has 6 heteroatoms. The van der Waals surface area contributed by atoms with E-state index in [0.29, 0.717) is 0 Å². The van der Waals surface area contributed by atoms with E-state index in [4.69, 9.17) is 4.74 Å². The standard InChI is InChI=1S/C17H25N5O/c1-5-14-8-6-7-13(2)15(14)22-16(18-19-20-22)17(3,4)21-9-11-23-12-10-21/h6-8H,5,9-12H2,1-4H3. The minimum Gasteiger partial charge on any atom is -0.379 e. The van der Waals surface area contributed by atoms with Gasteiger partial charge in [-0.3, -0.25) is 4.90 Å². The largest absolute Gasteiger partial charge is 0.379 e. The summed E-state index contributed by atoms with van der Waals surface area (Å²) in [4.78, 5) is 2.39. The van der Waals surface area contributed by atoms with Crippen molar-refractivity contribution in [3.63, 3.8) is 0 Å². The van der Waals surface area contributed by atoms with Crippen LogP contribution in [0.25, 0.3) is 5.69 Å². The van der Waals surface area contributed by atoms with Gasteiger partial charge in [-0.15, -0.1) is 5.10 Å². The lowest BCUT2D eigenvalue weighted by Gasteiger charge is -2.39. The van der Waals surface area contributed by atoms with Crippen molar-refractivity contribution >= 4 is 0 Å². The molecular formula is C17H25N5O. The zero-order chi connectivity index (χ0) is 16.4. The van der Waals surface area contributed by atoms with Crippen molar-refractivity contribution in [1.82, 2.24) is 25.1 Å². The summed E-state index contributed by atoms with van der Waals surface area (Å²) in [6.45, 7) is 12.0. The Hall–Kier alpha value is -1.79. The molecule has 1 saturated heterocycles. The first-order valence-corrected chi connectivity index (χ1v) is 8.26. The van der Waals surface area contributed by atoms with Gasteiger partial charge in [0, 0.05) is 13.1 Å². The van der Waals surface area contributed by atoms with Gasteiger partial charge in [-0.05, 0) is 48.7 Å². The molecular weight excluding hydrogens is 290 g/mol. The maximum absolute atomic E-state index is 5.48. The van der Waals surface area contributed by atoms with Crippen LogP contribution in [0.3, 0.4) is 0 Å². The number of benzene rings is 1. The van der Waals surface area contributed by atoms with Gasteiger partial charge in [0.25, 0.3) is 0 Å². The van der Waals surface area contributed by atoms with E-state index in [1.54, 1.807) is 0 Å². The van der Waals surface area contributed by atoms with Crippen molar-refractivity contribution in [1.29, 1.82) is 0 Å². The number of hydrogen-bond acceptors (Lipinski definition) is 5. The van der Waals surface area contributed by atoms with Gasteiger partial charge < -0.3 is 4.74 Å². The molecule has 1 aromatic heterocycles. The third-order valence-electron chi connectivity index (χ3n) is 4.73. The molecule has 0 bridgehead atoms. The van der Waals surface area contributed by atoms with Crippen molar-refractivity contribution in [2.75, 3.05) is 26.3 Å². The molecule has 1 aromatic carbocycles. The van der Waals surface area contributed by atoms with Gasteiger partial charge in [0.05, 0.1) is 24.4 Å². The van der Waals surface area contributed by atoms with Gasteiger partial charge in [-0.1, -0.05) is 25.1 Å². The normalized spacial score (nSPS) is 16.7. The predicted octanol–water partition coefficient (Wildman–Crippen LogP) is 2.10. The summed E-state index contributed by atoms with van der Waals surface area (Å²) >= 11 is 0. The van der Waals surface area contributed by atoms with Gasteiger partial charge >= 0.3 is 0 Å². The highest BCUT2D eigenvalue weighted by Crippen LogP contribution is 2.30. The quantitative estimate of drug-likeness (QED) is 0.865. The molecule has 1 aliphatic rings. The Balaban J connectivity index is 2.06. The molecule has 1 aliphatic heterocycles. The molecule has 0 N–H and O–H groups in total. The van der Waals surface area contributed by atoms with E-state index in [1.807, 2.05) is 4.68 Å². The van der Waals surface area contributed by atoms with Crippen molar-refractivity contribution in [2.24, 2.45) is 0 Å². The van der Waals surface area contributed by atoms with Crippen LogP contribution in [0.4, 0.5) is 0 Å². The van der Waals surface area contributed by atoms with Gasteiger partial charge in [0.2, 0.25) is 0 Å². The Kier molecular flexibility index (Phi) is 4.46. The molecule has 2 aromatic rings. The summed E-state index contributed by atoms with van der Waals surface area (Å²) < 4.78 is 7.40. The van der Waals surface area contributed by atoms with Crippen molar-refractivity contribution < 1.29 is 4.74 Å². The summed E-state index contributed by atoms with van der Waals surface area (Å²) in [5, 5.41) is 12.7. The van der Waals surface area contributed by atoms with Crippen LogP contribution in [-0.2, 0) is 16.7 Å². The van der Waals surface area contributed by atoms with E-state index >= 15 is 0 Å². The first-order chi connectivity index (χ1) is 11.1. The predicted molar refractivity (Wildman–Crippen MR) is 88.7 cm³/mol. The molecule has 6 nitrogen and oxygen atoms in total. The SMILES string of the molecule is CCc1cccc(C)c1-n1nnnc1C(C)(C)N1CCOCC1. The Bertz CT molecular complexity index is 673. The molecule has 3 rings (SSSR count). The fourth-order valence-electron chi connectivity index (χ4n) is 3.29. The van der Waals surface area contributed by atoms with Crippen LogP contribution in [0.1, 0.15) is 37.7 Å². The van der Waals surface area contributed by atoms with Crippen molar-refractivity contribution in [2.45, 2.75) is 39.7 Å². The number of nitrogens with zero attached hydrogens (tertiary/aromatic N) is 5. The number of aromatic nitrogens is 4. The van der Waals surface area contributed by atoms with Gasteiger partial charge in [-0.2, -0.15) is 4.68 Å². The molecule has 0 aliphatic carbocycles. The molecule has 2 heterocycles. The second-order valence-electron chi connectivity index (χ2n) is 6.51. The lowest BCUT2D eigenvalue weighted by molar-refractivity contribution is -0.0155. The van der Waals surface area contributed by atoms with Crippen LogP contribution < -0.4 is 0 Å². The molecule has 0 amide bonds. The zero-order valence-electron chi connectivity index (χ0n) is 14.4. The number of aryl methyl sites for hydroxylation is 2. The van der Waals surface area contributed by atoms with Crippen LogP contribution in [0, 0.1) is 6.92 Å². The average Bonchev–Trinajstić information content (AvgIpc) is 3.05. The lowest BCUT2D eigenvalue weighted by Crippen LogP contribution is -2.49. The molecule has 0 radical (unpaired) electrons. The molecule has 23 heavy (non-hydrogen) atoms. The van der Waals surface area contributed by atoms with Crippen LogP contribution in [0.5, 0.6) is 0 Å². The minimum absolute atomic E-state index is 0.249. The number of ether oxygens (including phenoxy) is 1. The summed E-state index contributed by atoms with van der Waals surface area (Å²) in [7, 11) is 0. The lowest BCUT2D eigenvalue weighted by atomic mass is 9.99. The molecule has 124 valence electrons. The monoisotopic (exact) mass is 315 g/mol. The van der Waals surface area contributed by atoms with Crippen LogP contribution in [-0.4, -0.2) is 51.4 Å². The van der Waals surface area contributed by atoms with E-state index in [-0.39, 0.29) is 5.54 Å². The van der Waals surface area contributed by atoms with E-state index in [0.717, 1.165) is 44.2 Å². The summed E-state index contributed by atoms with van der Waals surface area (Å²) in [6.07, 6.45) is 0.953. The Morgan fingerprint density at radius 3 is 2.65 bits per heavy atom. The number of hydrogen-bond donors (Lipinski definition) is 0. The first kappa shape index (κ1) is 16.1. The highest BCUT2D eigenvalue weighted by atomic mass is 16.5. The summed E-state index contributed by atoms with van der Waals surface area (Å²) in [6, 6.07) is 6.35. The number of tetrazole rings is 1. The molecule has 0 unspecified atom stereocenters. The maximum atomic E-state index is 5.48. The summed E-state index contributed by atoms with van der Waals surface area (Å²) in [5.41, 5.74) is 3.31. The Morgan fingerprint density at radius 1 is 1.22 bits per heavy atom. The molecule has 0 atom stereocenters. The highest BCUT2D eigenvalue weighted by Gasteiger charge is 2.36. The third-order valence-corrected chi connectivity index (χ3v) is 4.73. The van der Waals surface area contributed by atoms with Crippen LogP contribution >= 0.6 is 0 Å². The summed E-state index contributed by atoms with van der Waals surface area (Å²) in [5.74, 6) is 0.878. The fraction of sp³-hybridized carbons (Fsp3) is 0.588. The van der Waals surface area contributed by atoms with E-state index < -0.39 is 0 Å². The topological polar surface area (TPSA) is 56.1 Å². The minimum atomic E-state index is -0.249. The number of rotatable bonds is 4. The van der Waals surface area contributed by atoms with Crippen LogP contribution in [0.15, 0.2) is 18.2 Å². The van der Waals surface area contributed by atoms with Gasteiger partial charge in [0.15, 0.2) is 5.82 Å². The second kappa shape index (κ2) is 6.37. The van der Waals surface area contributed by atoms with Gasteiger partial charge in [0.1, 0.15) is 0 Å². The van der Waals surface area contributed by atoms with E-state index in [2.05, 4.69) is 66.3 Å².